The van der Waals surface area contributed by atoms with Gasteiger partial charge in [-0.2, -0.15) is 0 Å². The number of benzene rings is 2. The Morgan fingerprint density at radius 1 is 0.968 bits per heavy atom. The normalized spacial score (nSPS) is 12.2. The molecule has 0 bridgehead atoms. The van der Waals surface area contributed by atoms with Crippen LogP contribution < -0.4 is 4.74 Å². The van der Waals surface area contributed by atoms with E-state index in [1.807, 2.05) is 67.7 Å². The summed E-state index contributed by atoms with van der Waals surface area (Å²) >= 11 is 16.5. The Labute approximate surface area is 204 Å². The van der Waals surface area contributed by atoms with Gasteiger partial charge in [-0.3, -0.25) is 0 Å². The van der Waals surface area contributed by atoms with E-state index in [0.29, 0.717) is 15.8 Å². The molecule has 0 fully saturated rings. The van der Waals surface area contributed by atoms with Crippen molar-refractivity contribution >= 4 is 52.7 Å². The fourth-order valence-electron chi connectivity index (χ4n) is 3.08. The van der Waals surface area contributed by atoms with Crippen LogP contribution in [0.3, 0.4) is 0 Å². The van der Waals surface area contributed by atoms with Gasteiger partial charge in [-0.05, 0) is 74.6 Å². The van der Waals surface area contributed by atoms with Gasteiger partial charge in [0.15, 0.2) is 5.60 Å². The van der Waals surface area contributed by atoms with Crippen molar-refractivity contribution in [3.63, 3.8) is 0 Å². The van der Waals surface area contributed by atoms with Crippen molar-refractivity contribution in [1.29, 1.82) is 0 Å². The summed E-state index contributed by atoms with van der Waals surface area (Å²) in [5, 5.41) is 1.16. The van der Waals surface area contributed by atoms with Crippen molar-refractivity contribution in [2.45, 2.75) is 57.3 Å². The van der Waals surface area contributed by atoms with E-state index in [1.54, 1.807) is 13.8 Å². The number of hydrogen-bond donors (Lipinski definition) is 0. The van der Waals surface area contributed by atoms with E-state index in [-0.39, 0.29) is 10.2 Å². The predicted molar refractivity (Wildman–Crippen MR) is 136 cm³/mol. The molecule has 0 spiro atoms. The minimum absolute atomic E-state index is 0.217. The lowest BCUT2D eigenvalue weighted by Crippen LogP contribution is -2.41. The van der Waals surface area contributed by atoms with Gasteiger partial charge in [0, 0.05) is 5.02 Å². The molecule has 0 amide bonds. The van der Waals surface area contributed by atoms with Crippen LogP contribution in [-0.2, 0) is 13.6 Å². The Bertz CT molecular complexity index is 877. The number of halogens is 2. The Kier molecular flexibility index (Phi) is 9.50. The van der Waals surface area contributed by atoms with Crippen LogP contribution in [0.1, 0.15) is 52.7 Å². The molecule has 7 heteroatoms. The third-order valence-electron chi connectivity index (χ3n) is 4.43. The molecule has 0 saturated carbocycles. The monoisotopic (exact) mass is 500 g/mol. The fraction of sp³-hybridized carbons (Fsp3) is 0.458. The molecule has 2 aromatic rings. The third kappa shape index (κ3) is 6.50. The maximum atomic E-state index is 12.4. The molecular weight excluding hydrogens is 471 g/mol. The zero-order chi connectivity index (χ0) is 23.2. The molecule has 0 heterocycles. The second-order valence-electron chi connectivity index (χ2n) is 7.70. The van der Waals surface area contributed by atoms with Gasteiger partial charge in [-0.25, -0.2) is 4.79 Å². The first-order valence-electron chi connectivity index (χ1n) is 10.3. The van der Waals surface area contributed by atoms with E-state index >= 15 is 0 Å². The molecule has 31 heavy (non-hydrogen) atoms. The van der Waals surface area contributed by atoms with Gasteiger partial charge in [0.25, 0.3) is 0 Å². The zero-order valence-electron chi connectivity index (χ0n) is 18.8. The maximum absolute atomic E-state index is 12.4. The molecule has 2 aromatic carbocycles. The molecule has 2 rings (SSSR count). The minimum Gasteiger partial charge on any atom is -0.475 e. The number of esters is 1. The van der Waals surface area contributed by atoms with Gasteiger partial charge >= 0.3 is 5.97 Å². The molecule has 170 valence electrons. The van der Waals surface area contributed by atoms with Crippen LogP contribution in [0.4, 0.5) is 0 Å². The molecule has 3 nitrogen and oxygen atoms in total. The van der Waals surface area contributed by atoms with Crippen molar-refractivity contribution < 1.29 is 14.3 Å². The second-order valence-corrected chi connectivity index (χ2v) is 11.8. The van der Waals surface area contributed by atoms with Gasteiger partial charge < -0.3 is 9.47 Å². The quantitative estimate of drug-likeness (QED) is 0.245. The van der Waals surface area contributed by atoms with Crippen molar-refractivity contribution in [1.82, 2.24) is 0 Å². The zero-order valence-corrected chi connectivity index (χ0v) is 22.0. The molecule has 0 aliphatic carbocycles. The Morgan fingerprint density at radius 3 is 2.00 bits per heavy atom. The Morgan fingerprint density at radius 2 is 1.52 bits per heavy atom. The number of rotatable bonds is 10. The molecule has 0 radical (unpaired) electrons. The van der Waals surface area contributed by atoms with E-state index < -0.39 is 11.6 Å². The van der Waals surface area contributed by atoms with E-state index in [1.165, 1.54) is 0 Å². The van der Waals surface area contributed by atoms with Crippen LogP contribution >= 0.6 is 46.7 Å². The summed E-state index contributed by atoms with van der Waals surface area (Å²) in [6.45, 7) is 11.3. The lowest BCUT2D eigenvalue weighted by atomic mass is 10.0. The summed E-state index contributed by atoms with van der Waals surface area (Å²) in [7, 11) is 0. The highest BCUT2D eigenvalue weighted by molar-refractivity contribution is 8.17. The summed E-state index contributed by atoms with van der Waals surface area (Å²) < 4.78 is 10.9. The van der Waals surface area contributed by atoms with Crippen LogP contribution in [0.25, 0.3) is 0 Å². The highest BCUT2D eigenvalue weighted by Gasteiger charge is 2.37. The molecule has 0 unspecified atom stereocenters. The predicted octanol–water partition coefficient (Wildman–Crippen LogP) is 7.81. The molecule has 0 atom stereocenters. The summed E-state index contributed by atoms with van der Waals surface area (Å²) in [6, 6.07) is 13.7. The Balaban J connectivity index is 2.45. The van der Waals surface area contributed by atoms with Gasteiger partial charge in [0.1, 0.15) is 9.83 Å². The Hall–Kier alpha value is -1.01. The largest absolute Gasteiger partial charge is 0.475 e. The van der Waals surface area contributed by atoms with Gasteiger partial charge in [0.05, 0.1) is 11.1 Å². The fourth-order valence-corrected chi connectivity index (χ4v) is 6.47. The summed E-state index contributed by atoms with van der Waals surface area (Å²) in [4.78, 5) is 12.4. The SMILES string of the molecule is CCSC(SCC)(c1ccc(Cl)cc1)c1ccc(OC(C)(C)C(=O)OC(C)C)c(Cl)c1. The van der Waals surface area contributed by atoms with E-state index in [0.717, 1.165) is 22.6 Å². The van der Waals surface area contributed by atoms with Crippen LogP contribution in [0, 0.1) is 0 Å². The number of carbonyl (C=O) groups excluding carboxylic acids is 1. The lowest BCUT2D eigenvalue weighted by Gasteiger charge is -2.34. The first kappa shape index (κ1) is 26.2. The standard InChI is InChI=1S/C24H30Cl2O3S2/c1-7-30-24(31-8-2,17-9-12-19(25)13-10-17)18-11-14-21(20(26)15-18)29-23(5,6)22(27)28-16(3)4/h9-16H,7-8H2,1-6H3. The van der Waals surface area contributed by atoms with E-state index in [4.69, 9.17) is 32.7 Å². The molecule has 0 saturated heterocycles. The van der Waals surface area contributed by atoms with E-state index in [9.17, 15) is 4.79 Å². The highest BCUT2D eigenvalue weighted by Crippen LogP contribution is 2.53. The third-order valence-corrected chi connectivity index (χ3v) is 8.02. The average molecular weight is 502 g/mol. The first-order chi connectivity index (χ1) is 14.6. The van der Waals surface area contributed by atoms with Crippen molar-refractivity contribution in [2.75, 3.05) is 11.5 Å². The molecule has 0 N–H and O–H groups in total. The highest BCUT2D eigenvalue weighted by atomic mass is 35.5. The molecular formula is C24H30Cl2O3S2. The number of ether oxygens (including phenoxy) is 2. The number of hydrogen-bond acceptors (Lipinski definition) is 5. The van der Waals surface area contributed by atoms with Crippen LogP contribution in [-0.4, -0.2) is 29.2 Å². The minimum atomic E-state index is -1.15. The molecule has 0 aliphatic heterocycles. The lowest BCUT2D eigenvalue weighted by molar-refractivity contribution is -0.163. The maximum Gasteiger partial charge on any atom is 0.350 e. The van der Waals surface area contributed by atoms with Crippen LogP contribution in [0.15, 0.2) is 42.5 Å². The van der Waals surface area contributed by atoms with Gasteiger partial charge in [0.2, 0.25) is 0 Å². The number of carbonyl (C=O) groups is 1. The summed E-state index contributed by atoms with van der Waals surface area (Å²) in [5.41, 5.74) is 1.06. The smallest absolute Gasteiger partial charge is 0.350 e. The molecule has 0 aromatic heterocycles. The van der Waals surface area contributed by atoms with E-state index in [2.05, 4.69) is 26.0 Å². The van der Waals surface area contributed by atoms with Crippen molar-refractivity contribution in [3.8, 4) is 5.75 Å². The van der Waals surface area contributed by atoms with Crippen LogP contribution in [0.5, 0.6) is 5.75 Å². The van der Waals surface area contributed by atoms with Crippen molar-refractivity contribution in [2.24, 2.45) is 0 Å². The molecule has 0 aliphatic rings. The number of thioether (sulfide) groups is 2. The topological polar surface area (TPSA) is 35.5 Å². The summed E-state index contributed by atoms with van der Waals surface area (Å²) in [5.74, 6) is 1.88. The van der Waals surface area contributed by atoms with Gasteiger partial charge in [-0.15, -0.1) is 23.5 Å². The van der Waals surface area contributed by atoms with Crippen LogP contribution in [0.2, 0.25) is 10.0 Å². The average Bonchev–Trinajstić information content (AvgIpc) is 2.69. The summed E-state index contributed by atoms with van der Waals surface area (Å²) in [6.07, 6.45) is -0.217. The van der Waals surface area contributed by atoms with Crippen molar-refractivity contribution in [3.05, 3.63) is 63.6 Å². The van der Waals surface area contributed by atoms with Gasteiger partial charge in [-0.1, -0.05) is 55.2 Å². The first-order valence-corrected chi connectivity index (χ1v) is 13.0. The second kappa shape index (κ2) is 11.2.